The summed E-state index contributed by atoms with van der Waals surface area (Å²) in [6.45, 7) is -0.148. The van der Waals surface area contributed by atoms with Crippen LogP contribution in [-0.4, -0.2) is 55.2 Å². The zero-order chi connectivity index (χ0) is 33.0. The molecule has 0 aromatic heterocycles. The maximum absolute atomic E-state index is 15.0. The number of nitrogens with zero attached hydrogens (tertiary/aromatic N) is 1. The van der Waals surface area contributed by atoms with Crippen LogP contribution >= 0.6 is 0 Å². The second kappa shape index (κ2) is 9.64. The first-order valence-corrected chi connectivity index (χ1v) is 15.8. The first kappa shape index (κ1) is 31.7. The number of halogens is 8. The quantitative estimate of drug-likeness (QED) is 0.296. The number of rotatable bonds is 5. The average molecular weight is 666 g/mol. The van der Waals surface area contributed by atoms with Crippen molar-refractivity contribution < 1.29 is 58.2 Å². The molecule has 1 amide bonds. The molecule has 244 valence electrons. The van der Waals surface area contributed by atoms with Gasteiger partial charge in [-0.1, -0.05) is 18.2 Å². The minimum absolute atomic E-state index is 0.0719. The highest BCUT2D eigenvalue weighted by Crippen LogP contribution is 2.64. The molecule has 1 saturated heterocycles. The Morgan fingerprint density at radius 2 is 1.42 bits per heavy atom. The highest BCUT2D eigenvalue weighted by atomic mass is 32.2. The van der Waals surface area contributed by atoms with Crippen LogP contribution in [0.15, 0.2) is 47.4 Å². The lowest BCUT2D eigenvalue weighted by Crippen LogP contribution is -2.54. The van der Waals surface area contributed by atoms with Gasteiger partial charge in [0.1, 0.15) is 10.6 Å². The zero-order valence-corrected chi connectivity index (χ0v) is 24.3. The molecule has 3 fully saturated rings. The number of alkyl halides is 7. The molecule has 45 heavy (non-hydrogen) atoms. The number of carboxylic acid groups (broad SMARTS) is 1. The van der Waals surface area contributed by atoms with Crippen LogP contribution in [0.4, 0.5) is 35.1 Å². The summed E-state index contributed by atoms with van der Waals surface area (Å²) in [6, 6.07) is 4.04. The topological polar surface area (TPSA) is 91.8 Å². The standard InChI is InChI=1S/C30H27F8NO5S/c31-19-3-5-20(6-4-19)45(43,44)27-13-14-39(23(40)25-9-11-26(16-25,12-10-25)24(41)42)22(27)8-1-17-15-18(2-7-21(17)27)28(32,29(33,34)35)30(36,37)38/h2-7,15,22H,1,8-14,16H2,(H,41,42)/t22-,25?,26?,27-/m1/s1. The lowest BCUT2D eigenvalue weighted by Gasteiger charge is -2.44. The number of hydrogen-bond donors (Lipinski definition) is 1. The number of benzene rings is 2. The van der Waals surface area contributed by atoms with Crippen molar-refractivity contribution in [1.29, 1.82) is 0 Å². The number of aliphatic carboxylic acids is 1. The molecule has 0 radical (unpaired) electrons. The van der Waals surface area contributed by atoms with Crippen molar-refractivity contribution in [3.8, 4) is 0 Å². The predicted molar refractivity (Wildman–Crippen MR) is 141 cm³/mol. The third-order valence-corrected chi connectivity index (χ3v) is 13.2. The van der Waals surface area contributed by atoms with E-state index >= 15 is 4.39 Å². The van der Waals surface area contributed by atoms with Gasteiger partial charge in [-0.25, -0.2) is 17.2 Å². The summed E-state index contributed by atoms with van der Waals surface area (Å²) in [5.41, 5.74) is -10.0. The molecule has 2 aromatic carbocycles. The van der Waals surface area contributed by atoms with E-state index in [0.717, 1.165) is 30.3 Å². The number of likely N-dealkylation sites (tertiary alicyclic amines) is 1. The lowest BCUT2D eigenvalue weighted by molar-refractivity contribution is -0.348. The fourth-order valence-electron chi connectivity index (χ4n) is 8.39. The minimum atomic E-state index is -6.38. The van der Waals surface area contributed by atoms with Crippen LogP contribution in [0.3, 0.4) is 0 Å². The molecule has 2 bridgehead atoms. The monoisotopic (exact) mass is 665 g/mol. The predicted octanol–water partition coefficient (Wildman–Crippen LogP) is 6.37. The summed E-state index contributed by atoms with van der Waals surface area (Å²) in [4.78, 5) is 27.2. The number of fused-ring (bicyclic) bond motifs is 5. The van der Waals surface area contributed by atoms with Gasteiger partial charge >= 0.3 is 24.0 Å². The van der Waals surface area contributed by atoms with Crippen molar-refractivity contribution in [1.82, 2.24) is 4.90 Å². The van der Waals surface area contributed by atoms with E-state index in [2.05, 4.69) is 0 Å². The summed E-state index contributed by atoms with van der Waals surface area (Å²) in [6.07, 6.45) is -12.4. The first-order valence-electron chi connectivity index (χ1n) is 14.3. The highest BCUT2D eigenvalue weighted by molar-refractivity contribution is 7.92. The Hall–Kier alpha value is -3.23. The van der Waals surface area contributed by atoms with Crippen molar-refractivity contribution in [2.75, 3.05) is 6.54 Å². The van der Waals surface area contributed by atoms with Gasteiger partial charge in [0.05, 0.1) is 21.8 Å². The normalized spacial score (nSPS) is 29.9. The van der Waals surface area contributed by atoms with Gasteiger partial charge in [-0.3, -0.25) is 9.59 Å². The molecule has 0 unspecified atom stereocenters. The Balaban J connectivity index is 1.49. The molecule has 15 heteroatoms. The molecule has 6 nitrogen and oxygen atoms in total. The number of sulfone groups is 1. The molecule has 1 N–H and O–H groups in total. The van der Waals surface area contributed by atoms with E-state index in [1.807, 2.05) is 0 Å². The minimum Gasteiger partial charge on any atom is -0.481 e. The fraction of sp³-hybridized carbons (Fsp3) is 0.533. The second-order valence-electron chi connectivity index (χ2n) is 12.7. The zero-order valence-electron chi connectivity index (χ0n) is 23.4. The Bertz CT molecular complexity index is 1670. The Labute approximate surface area is 252 Å². The third kappa shape index (κ3) is 4.13. The van der Waals surface area contributed by atoms with Gasteiger partial charge in [0.25, 0.3) is 0 Å². The Kier molecular flexibility index (Phi) is 6.80. The van der Waals surface area contributed by atoms with Crippen LogP contribution in [0.2, 0.25) is 0 Å². The van der Waals surface area contributed by atoms with Gasteiger partial charge in [0, 0.05) is 12.1 Å². The van der Waals surface area contributed by atoms with E-state index in [0.29, 0.717) is 6.07 Å². The van der Waals surface area contributed by atoms with Crippen LogP contribution in [0, 0.1) is 16.6 Å². The average Bonchev–Trinajstić information content (AvgIpc) is 3.68. The second-order valence-corrected chi connectivity index (χ2v) is 14.9. The number of aryl methyl sites for hydroxylation is 1. The third-order valence-electron chi connectivity index (χ3n) is 10.7. The Morgan fingerprint density at radius 1 is 0.844 bits per heavy atom. The molecule has 1 aliphatic heterocycles. The van der Waals surface area contributed by atoms with Gasteiger partial charge in [0.2, 0.25) is 5.91 Å². The Morgan fingerprint density at radius 3 is 1.96 bits per heavy atom. The van der Waals surface area contributed by atoms with Gasteiger partial charge in [0.15, 0.2) is 9.84 Å². The van der Waals surface area contributed by atoms with Crippen molar-refractivity contribution in [2.24, 2.45) is 10.8 Å². The molecule has 6 rings (SSSR count). The summed E-state index contributed by atoms with van der Waals surface area (Å²) in [7, 11) is -4.62. The van der Waals surface area contributed by atoms with Crippen molar-refractivity contribution in [3.63, 3.8) is 0 Å². The fourth-order valence-corrected chi connectivity index (χ4v) is 10.8. The molecular weight excluding hydrogens is 638 g/mol. The van der Waals surface area contributed by atoms with Crippen molar-refractivity contribution in [2.45, 2.75) is 85.1 Å². The number of carboxylic acids is 1. The van der Waals surface area contributed by atoms with Crippen molar-refractivity contribution >= 4 is 21.7 Å². The number of hydrogen-bond acceptors (Lipinski definition) is 4. The first-order chi connectivity index (χ1) is 20.8. The summed E-state index contributed by atoms with van der Waals surface area (Å²) in [5.74, 6) is -2.23. The van der Waals surface area contributed by atoms with Crippen LogP contribution in [0.5, 0.6) is 0 Å². The van der Waals surface area contributed by atoms with E-state index in [9.17, 15) is 53.8 Å². The smallest absolute Gasteiger partial charge is 0.435 e. The highest BCUT2D eigenvalue weighted by Gasteiger charge is 2.74. The van der Waals surface area contributed by atoms with Gasteiger partial charge < -0.3 is 10.0 Å². The van der Waals surface area contributed by atoms with Crippen LogP contribution in [0.25, 0.3) is 0 Å². The van der Waals surface area contributed by atoms with Gasteiger partial charge in [-0.05, 0) is 86.8 Å². The van der Waals surface area contributed by atoms with Gasteiger partial charge in [-0.2, -0.15) is 26.3 Å². The van der Waals surface area contributed by atoms with Crippen molar-refractivity contribution in [3.05, 3.63) is 65.0 Å². The SMILES string of the molecule is O=C(O)C12CCC(C(=O)N3CC[C@@]4(S(=O)(=O)c5ccc(F)cc5)c5ccc(C(F)(C(F)(F)F)C(F)(F)F)cc5CC[C@@H]34)(CC1)C2. The van der Waals surface area contributed by atoms with Crippen LogP contribution in [0.1, 0.15) is 61.6 Å². The molecule has 2 atom stereocenters. The maximum Gasteiger partial charge on any atom is 0.435 e. The molecular formula is C30H27F8NO5S. The summed E-state index contributed by atoms with van der Waals surface area (Å²) in [5, 5.41) is 9.82. The summed E-state index contributed by atoms with van der Waals surface area (Å²) < 4.78 is 137. The van der Waals surface area contributed by atoms with Crippen LogP contribution in [-0.2, 0) is 36.3 Å². The maximum atomic E-state index is 15.0. The number of carbonyl (C=O) groups excluding carboxylic acids is 1. The number of amides is 1. The van der Waals surface area contributed by atoms with E-state index in [1.54, 1.807) is 0 Å². The number of carbonyl (C=O) groups is 2. The molecule has 4 aliphatic rings. The van der Waals surface area contributed by atoms with E-state index in [4.69, 9.17) is 0 Å². The summed E-state index contributed by atoms with van der Waals surface area (Å²) >= 11 is 0. The largest absolute Gasteiger partial charge is 0.481 e. The molecule has 3 aliphatic carbocycles. The molecule has 2 aromatic rings. The molecule has 0 spiro atoms. The van der Waals surface area contributed by atoms with Crippen LogP contribution < -0.4 is 0 Å². The lowest BCUT2D eigenvalue weighted by atomic mass is 9.76. The van der Waals surface area contributed by atoms with Gasteiger partial charge in [-0.15, -0.1) is 0 Å². The molecule has 1 heterocycles. The molecule has 2 saturated carbocycles. The van der Waals surface area contributed by atoms with E-state index < -0.39 is 72.7 Å². The van der Waals surface area contributed by atoms with E-state index in [1.165, 1.54) is 4.90 Å². The van der Waals surface area contributed by atoms with E-state index in [-0.39, 0.29) is 80.0 Å².